The molecule has 1 aliphatic rings. The number of hydrogen-bond acceptors (Lipinski definition) is 4. The average Bonchev–Trinajstić information content (AvgIpc) is 3.23. The number of aryl methyl sites for hydroxylation is 2. The molecule has 1 aromatic carbocycles. The topological polar surface area (TPSA) is 80.6 Å². The van der Waals surface area contributed by atoms with E-state index in [-0.39, 0.29) is 43.0 Å². The van der Waals surface area contributed by atoms with Gasteiger partial charge < -0.3 is 19.5 Å². The first-order chi connectivity index (χ1) is 14.4. The van der Waals surface area contributed by atoms with Crippen molar-refractivity contribution in [1.82, 2.24) is 9.47 Å². The third kappa shape index (κ3) is 5.79. The molecular weight excluding hydrogens is 382 g/mol. The maximum Gasteiger partial charge on any atom is 0.250 e. The fraction of sp³-hybridized carbons (Fsp3) is 0.435. The van der Waals surface area contributed by atoms with E-state index in [0.29, 0.717) is 13.2 Å². The zero-order chi connectivity index (χ0) is 21.5. The van der Waals surface area contributed by atoms with E-state index < -0.39 is 0 Å². The zero-order valence-electron chi connectivity index (χ0n) is 17.6. The summed E-state index contributed by atoms with van der Waals surface area (Å²) in [5.41, 5.74) is 2.70. The van der Waals surface area contributed by atoms with Gasteiger partial charge in [-0.05, 0) is 49.9 Å². The number of nitrogens with zero attached hydrogens (tertiary/aromatic N) is 2. The maximum absolute atomic E-state index is 12.9. The number of anilines is 1. The molecule has 7 nitrogen and oxygen atoms in total. The Morgan fingerprint density at radius 2 is 2.03 bits per heavy atom. The van der Waals surface area contributed by atoms with Crippen LogP contribution in [0, 0.1) is 13.8 Å². The number of ether oxygens (including phenoxy) is 1. The minimum Gasteiger partial charge on any atom is -0.376 e. The number of aromatic nitrogens is 1. The van der Waals surface area contributed by atoms with E-state index in [1.165, 1.54) is 10.6 Å². The molecule has 2 aromatic rings. The van der Waals surface area contributed by atoms with Crippen LogP contribution in [-0.2, 0) is 20.9 Å². The predicted octanol–water partition coefficient (Wildman–Crippen LogP) is 2.50. The molecule has 30 heavy (non-hydrogen) atoms. The van der Waals surface area contributed by atoms with Crippen molar-refractivity contribution in [2.24, 2.45) is 0 Å². The summed E-state index contributed by atoms with van der Waals surface area (Å²) in [5, 5.41) is 2.92. The van der Waals surface area contributed by atoms with E-state index in [2.05, 4.69) is 5.32 Å². The Balaban J connectivity index is 1.65. The highest BCUT2D eigenvalue weighted by Crippen LogP contribution is 2.18. The van der Waals surface area contributed by atoms with E-state index in [0.717, 1.165) is 29.7 Å². The molecule has 1 aliphatic heterocycles. The van der Waals surface area contributed by atoms with Crippen LogP contribution in [0.3, 0.4) is 0 Å². The summed E-state index contributed by atoms with van der Waals surface area (Å²) in [5.74, 6) is -0.413. The van der Waals surface area contributed by atoms with Crippen LogP contribution in [0.4, 0.5) is 5.69 Å². The molecule has 0 radical (unpaired) electrons. The quantitative estimate of drug-likeness (QED) is 0.724. The molecule has 3 rings (SSSR count). The zero-order valence-corrected chi connectivity index (χ0v) is 17.6. The number of rotatable bonds is 8. The van der Waals surface area contributed by atoms with Gasteiger partial charge in [-0.25, -0.2) is 0 Å². The van der Waals surface area contributed by atoms with Crippen molar-refractivity contribution in [1.29, 1.82) is 0 Å². The van der Waals surface area contributed by atoms with Crippen LogP contribution in [0.2, 0.25) is 0 Å². The number of pyridine rings is 1. The molecule has 0 bridgehead atoms. The Morgan fingerprint density at radius 1 is 1.20 bits per heavy atom. The summed E-state index contributed by atoms with van der Waals surface area (Å²) in [6.45, 7) is 5.24. The third-order valence-electron chi connectivity index (χ3n) is 5.48. The first-order valence-corrected chi connectivity index (χ1v) is 10.3. The van der Waals surface area contributed by atoms with Crippen LogP contribution in [-0.4, -0.2) is 47.1 Å². The Labute approximate surface area is 176 Å². The van der Waals surface area contributed by atoms with Crippen molar-refractivity contribution in [3.8, 4) is 0 Å². The standard InChI is InChI=1S/C23H29N3O4/c1-17-7-5-9-20(18(17)2)24-21(27)16-26(15-19-8-6-14-30-19)23(29)11-13-25-12-4-3-10-22(25)28/h3-5,7,9-10,12,19H,6,8,11,13-16H2,1-2H3,(H,24,27). The number of amides is 2. The first kappa shape index (κ1) is 21.8. The highest BCUT2D eigenvalue weighted by atomic mass is 16.5. The van der Waals surface area contributed by atoms with Gasteiger partial charge >= 0.3 is 0 Å². The molecule has 1 saturated heterocycles. The Hall–Kier alpha value is -2.93. The number of hydrogen-bond donors (Lipinski definition) is 1. The maximum atomic E-state index is 12.9. The summed E-state index contributed by atoms with van der Waals surface area (Å²) in [6.07, 6.45) is 3.59. The van der Waals surface area contributed by atoms with Gasteiger partial charge in [-0.1, -0.05) is 18.2 Å². The fourth-order valence-corrected chi connectivity index (χ4v) is 3.56. The van der Waals surface area contributed by atoms with Gasteiger partial charge in [0, 0.05) is 44.1 Å². The highest BCUT2D eigenvalue weighted by molar-refractivity contribution is 5.95. The van der Waals surface area contributed by atoms with E-state index in [1.54, 1.807) is 23.2 Å². The number of nitrogens with one attached hydrogen (secondary N) is 1. The molecule has 0 spiro atoms. The number of carbonyl (C=O) groups excluding carboxylic acids is 2. The van der Waals surface area contributed by atoms with Crippen LogP contribution < -0.4 is 10.9 Å². The lowest BCUT2D eigenvalue weighted by Crippen LogP contribution is -2.42. The summed E-state index contributed by atoms with van der Waals surface area (Å²) in [6, 6.07) is 10.6. The minimum atomic E-state index is -0.244. The largest absolute Gasteiger partial charge is 0.376 e. The summed E-state index contributed by atoms with van der Waals surface area (Å²) < 4.78 is 7.17. The van der Waals surface area contributed by atoms with Gasteiger partial charge in [0.05, 0.1) is 12.6 Å². The molecule has 160 valence electrons. The highest BCUT2D eigenvalue weighted by Gasteiger charge is 2.24. The SMILES string of the molecule is Cc1cccc(NC(=O)CN(CC2CCCO2)C(=O)CCn2ccccc2=O)c1C. The second-order valence-electron chi connectivity index (χ2n) is 7.69. The predicted molar refractivity (Wildman–Crippen MR) is 115 cm³/mol. The molecule has 1 unspecified atom stereocenters. The van der Waals surface area contributed by atoms with Gasteiger partial charge in [-0.2, -0.15) is 0 Å². The van der Waals surface area contributed by atoms with Crippen LogP contribution in [0.1, 0.15) is 30.4 Å². The third-order valence-corrected chi connectivity index (χ3v) is 5.48. The second kappa shape index (κ2) is 10.2. The van der Waals surface area contributed by atoms with Crippen LogP contribution in [0.5, 0.6) is 0 Å². The van der Waals surface area contributed by atoms with Crippen LogP contribution >= 0.6 is 0 Å². The summed E-state index contributed by atoms with van der Waals surface area (Å²) >= 11 is 0. The van der Waals surface area contributed by atoms with E-state index >= 15 is 0 Å². The first-order valence-electron chi connectivity index (χ1n) is 10.3. The Morgan fingerprint density at radius 3 is 2.77 bits per heavy atom. The summed E-state index contributed by atoms with van der Waals surface area (Å²) in [7, 11) is 0. The molecule has 1 N–H and O–H groups in total. The molecule has 1 fully saturated rings. The number of benzene rings is 1. The summed E-state index contributed by atoms with van der Waals surface area (Å²) in [4.78, 5) is 39.0. The average molecular weight is 412 g/mol. The van der Waals surface area contributed by atoms with E-state index in [9.17, 15) is 14.4 Å². The van der Waals surface area contributed by atoms with Gasteiger partial charge in [-0.15, -0.1) is 0 Å². The van der Waals surface area contributed by atoms with Crippen molar-refractivity contribution < 1.29 is 14.3 Å². The van der Waals surface area contributed by atoms with Crippen molar-refractivity contribution in [2.45, 2.75) is 45.8 Å². The Kier molecular flexibility index (Phi) is 7.41. The van der Waals surface area contributed by atoms with Crippen molar-refractivity contribution in [3.05, 3.63) is 64.1 Å². The molecule has 2 heterocycles. The van der Waals surface area contributed by atoms with E-state index in [1.807, 2.05) is 32.0 Å². The molecule has 0 aliphatic carbocycles. The lowest BCUT2D eigenvalue weighted by Gasteiger charge is -2.25. The van der Waals surface area contributed by atoms with Gasteiger partial charge in [0.15, 0.2) is 0 Å². The lowest BCUT2D eigenvalue weighted by molar-refractivity contribution is -0.136. The molecule has 1 aromatic heterocycles. The normalized spacial score (nSPS) is 15.7. The Bertz CT molecular complexity index is 947. The molecule has 2 amide bonds. The van der Waals surface area contributed by atoms with Crippen LogP contribution in [0.25, 0.3) is 0 Å². The number of carbonyl (C=O) groups is 2. The molecular formula is C23H29N3O4. The monoisotopic (exact) mass is 411 g/mol. The smallest absolute Gasteiger partial charge is 0.250 e. The van der Waals surface area contributed by atoms with Crippen molar-refractivity contribution in [3.63, 3.8) is 0 Å². The van der Waals surface area contributed by atoms with Gasteiger partial charge in [0.25, 0.3) is 5.56 Å². The molecule has 0 saturated carbocycles. The second-order valence-corrected chi connectivity index (χ2v) is 7.69. The van der Waals surface area contributed by atoms with Gasteiger partial charge in [0.1, 0.15) is 0 Å². The van der Waals surface area contributed by atoms with E-state index in [4.69, 9.17) is 4.74 Å². The van der Waals surface area contributed by atoms with Crippen molar-refractivity contribution in [2.75, 3.05) is 25.0 Å². The van der Waals surface area contributed by atoms with Gasteiger partial charge in [-0.3, -0.25) is 14.4 Å². The lowest BCUT2D eigenvalue weighted by atomic mass is 10.1. The molecule has 7 heteroatoms. The molecule has 1 atom stereocenters. The van der Waals surface area contributed by atoms with Crippen LogP contribution in [0.15, 0.2) is 47.4 Å². The van der Waals surface area contributed by atoms with Gasteiger partial charge in [0.2, 0.25) is 11.8 Å². The van der Waals surface area contributed by atoms with Crippen molar-refractivity contribution >= 4 is 17.5 Å². The fourth-order valence-electron chi connectivity index (χ4n) is 3.56. The minimum absolute atomic E-state index is 0.0459.